The zero-order chi connectivity index (χ0) is 33.2. The quantitative estimate of drug-likeness (QED) is 0.145. The second-order valence-electron chi connectivity index (χ2n) is 12.1. The van der Waals surface area contributed by atoms with E-state index in [2.05, 4.69) is 91.0 Å². The number of nitrogens with one attached hydrogen (secondary N) is 2. The minimum Gasteiger partial charge on any atom is -0.456 e. The average Bonchev–Trinajstić information content (AvgIpc) is 3.57. The molecule has 49 heavy (non-hydrogen) atoms. The maximum absolute atomic E-state index is 7.97. The maximum Gasteiger partial charge on any atom is 0.136 e. The molecule has 9 rings (SSSR count). The van der Waals surface area contributed by atoms with Gasteiger partial charge in [0.1, 0.15) is 11.2 Å². The fourth-order valence-electron chi connectivity index (χ4n) is 6.67. The van der Waals surface area contributed by atoms with Crippen molar-refractivity contribution < 1.29 is 4.42 Å². The molecular weight excluding hydrogens is 597 g/mol. The first kappa shape index (κ1) is 29.8. The second-order valence-corrected chi connectivity index (χ2v) is 12.1. The molecule has 8 aromatic carbocycles. The summed E-state index contributed by atoms with van der Waals surface area (Å²) in [4.78, 5) is 0. The molecule has 0 bridgehead atoms. The molecule has 0 aliphatic rings. The van der Waals surface area contributed by atoms with Crippen LogP contribution >= 0.6 is 0 Å². The SMILES string of the molecule is N=C(c1ccccc1)c1ccccc1.N=Cc1cccc2oc3ccc(-c4ccc(-c5cc6ccccc6c6ccccc56)cc4)cc3c12. The monoisotopic (exact) mass is 628 g/mol. The normalized spacial score (nSPS) is 11.0. The van der Waals surface area contributed by atoms with Crippen LogP contribution in [0.5, 0.6) is 0 Å². The molecule has 9 aromatic rings. The van der Waals surface area contributed by atoms with Gasteiger partial charge in [-0.05, 0) is 79.2 Å². The molecule has 0 saturated carbocycles. The Morgan fingerprint density at radius 1 is 0.449 bits per heavy atom. The first-order chi connectivity index (χ1) is 24.2. The molecule has 0 spiro atoms. The third kappa shape index (κ3) is 5.68. The highest BCUT2D eigenvalue weighted by molar-refractivity contribution is 6.15. The Morgan fingerprint density at radius 2 is 1.04 bits per heavy atom. The van der Waals surface area contributed by atoms with Crippen molar-refractivity contribution in [2.75, 3.05) is 0 Å². The Labute approximate surface area is 284 Å². The summed E-state index contributed by atoms with van der Waals surface area (Å²) < 4.78 is 6.04. The fourth-order valence-corrected chi connectivity index (χ4v) is 6.67. The molecule has 0 fully saturated rings. The van der Waals surface area contributed by atoms with Gasteiger partial charge in [0.05, 0.1) is 5.71 Å². The smallest absolute Gasteiger partial charge is 0.136 e. The number of furan rings is 1. The summed E-state index contributed by atoms with van der Waals surface area (Å²) in [5.41, 5.74) is 9.77. The van der Waals surface area contributed by atoms with Crippen LogP contribution in [0.2, 0.25) is 0 Å². The molecule has 0 atom stereocenters. The van der Waals surface area contributed by atoms with Gasteiger partial charge in [0.25, 0.3) is 0 Å². The Morgan fingerprint density at radius 3 is 1.73 bits per heavy atom. The third-order valence-electron chi connectivity index (χ3n) is 9.10. The first-order valence-electron chi connectivity index (χ1n) is 16.3. The summed E-state index contributed by atoms with van der Waals surface area (Å²) in [7, 11) is 0. The van der Waals surface area contributed by atoms with Crippen LogP contribution in [0.25, 0.3) is 65.7 Å². The summed E-state index contributed by atoms with van der Waals surface area (Å²) >= 11 is 0. The van der Waals surface area contributed by atoms with Gasteiger partial charge < -0.3 is 9.83 Å². The minimum atomic E-state index is 0.575. The van der Waals surface area contributed by atoms with E-state index >= 15 is 0 Å². The van der Waals surface area contributed by atoms with Gasteiger partial charge in [0.2, 0.25) is 0 Å². The number of hydrogen-bond donors (Lipinski definition) is 2. The van der Waals surface area contributed by atoms with E-state index in [1.807, 2.05) is 84.9 Å². The second kappa shape index (κ2) is 12.9. The van der Waals surface area contributed by atoms with Crippen molar-refractivity contribution in [1.29, 1.82) is 10.8 Å². The van der Waals surface area contributed by atoms with E-state index in [1.165, 1.54) is 38.9 Å². The Bertz CT molecular complexity index is 2580. The summed E-state index contributed by atoms with van der Waals surface area (Å²) in [5.74, 6) is 0. The molecule has 3 nitrogen and oxygen atoms in total. The van der Waals surface area contributed by atoms with E-state index in [-0.39, 0.29) is 0 Å². The van der Waals surface area contributed by atoms with E-state index in [9.17, 15) is 0 Å². The average molecular weight is 629 g/mol. The number of rotatable bonds is 5. The van der Waals surface area contributed by atoms with Crippen molar-refractivity contribution in [2.45, 2.75) is 0 Å². The van der Waals surface area contributed by atoms with Crippen LogP contribution in [0.3, 0.4) is 0 Å². The summed E-state index contributed by atoms with van der Waals surface area (Å²) in [6.07, 6.45) is 1.40. The molecule has 2 N–H and O–H groups in total. The van der Waals surface area contributed by atoms with Gasteiger partial charge >= 0.3 is 0 Å². The molecule has 0 aliphatic carbocycles. The highest BCUT2D eigenvalue weighted by Crippen LogP contribution is 2.37. The van der Waals surface area contributed by atoms with Crippen molar-refractivity contribution in [3.8, 4) is 22.3 Å². The van der Waals surface area contributed by atoms with E-state index in [1.54, 1.807) is 0 Å². The summed E-state index contributed by atoms with van der Waals surface area (Å²) in [5, 5.41) is 22.9. The lowest BCUT2D eigenvalue weighted by Gasteiger charge is -2.12. The lowest BCUT2D eigenvalue weighted by Crippen LogP contribution is -1.99. The minimum absolute atomic E-state index is 0.575. The third-order valence-corrected chi connectivity index (χ3v) is 9.10. The van der Waals surface area contributed by atoms with Gasteiger partial charge in [-0.25, -0.2) is 0 Å². The van der Waals surface area contributed by atoms with E-state index < -0.39 is 0 Å². The Hall–Kier alpha value is -6.58. The molecule has 0 aliphatic heterocycles. The van der Waals surface area contributed by atoms with Gasteiger partial charge in [-0.1, -0.05) is 152 Å². The molecule has 0 amide bonds. The number of hydrogen-bond acceptors (Lipinski definition) is 3. The maximum atomic E-state index is 7.97. The van der Waals surface area contributed by atoms with Gasteiger partial charge in [-0.3, -0.25) is 5.41 Å². The van der Waals surface area contributed by atoms with E-state index in [0.29, 0.717) is 5.71 Å². The van der Waals surface area contributed by atoms with Crippen LogP contribution < -0.4 is 0 Å². The molecular formula is C46H32N2O. The molecule has 232 valence electrons. The lowest BCUT2D eigenvalue weighted by molar-refractivity contribution is 0.669. The number of fused-ring (bicyclic) bond motifs is 6. The van der Waals surface area contributed by atoms with Crippen LogP contribution in [-0.4, -0.2) is 11.9 Å². The molecule has 1 heterocycles. The van der Waals surface area contributed by atoms with Crippen LogP contribution in [-0.2, 0) is 0 Å². The van der Waals surface area contributed by atoms with Gasteiger partial charge in [0.15, 0.2) is 0 Å². The Balaban J connectivity index is 0.000000209. The van der Waals surface area contributed by atoms with Crippen LogP contribution in [0.1, 0.15) is 16.7 Å². The number of benzene rings is 8. The molecule has 3 heteroatoms. The fraction of sp³-hybridized carbons (Fsp3) is 0. The van der Waals surface area contributed by atoms with Crippen LogP contribution in [0, 0.1) is 10.8 Å². The molecule has 0 unspecified atom stereocenters. The van der Waals surface area contributed by atoms with E-state index in [4.69, 9.17) is 15.2 Å². The molecule has 1 aromatic heterocycles. The lowest BCUT2D eigenvalue weighted by atomic mass is 9.92. The van der Waals surface area contributed by atoms with Crippen molar-refractivity contribution in [3.63, 3.8) is 0 Å². The standard InChI is InChI=1S/C33H21NO.C13H11N/c34-20-25-7-5-11-32-33(25)30-18-23(16-17-31(30)35-32)21-12-14-22(15-13-21)29-19-24-6-1-2-8-26(24)27-9-3-4-10-28(27)29;14-13(11-7-3-1-4-8-11)12-9-5-2-6-10-12/h1-20,34H;1-10,14H. The van der Waals surface area contributed by atoms with Crippen molar-refractivity contribution in [3.05, 3.63) is 193 Å². The summed E-state index contributed by atoms with van der Waals surface area (Å²) in [6, 6.07) is 60.1. The largest absolute Gasteiger partial charge is 0.456 e. The zero-order valence-corrected chi connectivity index (χ0v) is 26.7. The summed E-state index contributed by atoms with van der Waals surface area (Å²) in [6.45, 7) is 0. The van der Waals surface area contributed by atoms with Crippen molar-refractivity contribution >= 4 is 55.4 Å². The van der Waals surface area contributed by atoms with Crippen LogP contribution in [0.4, 0.5) is 0 Å². The van der Waals surface area contributed by atoms with Crippen molar-refractivity contribution in [1.82, 2.24) is 0 Å². The van der Waals surface area contributed by atoms with Gasteiger partial charge in [0, 0.05) is 22.6 Å². The van der Waals surface area contributed by atoms with Gasteiger partial charge in [-0.2, -0.15) is 0 Å². The predicted molar refractivity (Wildman–Crippen MR) is 206 cm³/mol. The first-order valence-corrected chi connectivity index (χ1v) is 16.3. The highest BCUT2D eigenvalue weighted by atomic mass is 16.3. The topological polar surface area (TPSA) is 60.8 Å². The molecule has 0 saturated heterocycles. The predicted octanol–water partition coefficient (Wildman–Crippen LogP) is 12.3. The van der Waals surface area contributed by atoms with Crippen molar-refractivity contribution in [2.24, 2.45) is 0 Å². The van der Waals surface area contributed by atoms with Gasteiger partial charge in [-0.15, -0.1) is 0 Å². The van der Waals surface area contributed by atoms with Crippen LogP contribution in [0.15, 0.2) is 180 Å². The molecule has 0 radical (unpaired) electrons. The Kier molecular flexibility index (Phi) is 7.85. The highest BCUT2D eigenvalue weighted by Gasteiger charge is 2.12. The zero-order valence-electron chi connectivity index (χ0n) is 26.7. The van der Waals surface area contributed by atoms with E-state index in [0.717, 1.165) is 49.8 Å².